The van der Waals surface area contributed by atoms with Crippen molar-refractivity contribution in [1.82, 2.24) is 19.3 Å². The zero-order chi connectivity index (χ0) is 19.1. The Balaban J connectivity index is 1.65. The number of H-pyrrole nitrogens is 1. The fourth-order valence-corrected chi connectivity index (χ4v) is 4.52. The van der Waals surface area contributed by atoms with E-state index < -0.39 is 0 Å². The van der Waals surface area contributed by atoms with Gasteiger partial charge in [0.15, 0.2) is 0 Å². The third-order valence-electron chi connectivity index (χ3n) is 6.02. The van der Waals surface area contributed by atoms with Crippen molar-refractivity contribution >= 4 is 22.5 Å². The molecule has 3 heterocycles. The minimum atomic E-state index is -0.144. The zero-order valence-electron chi connectivity index (χ0n) is 15.8. The average Bonchev–Trinajstić information content (AvgIpc) is 3.21. The number of carbonyl (C=O) groups excluding carboxylic acids is 1. The van der Waals surface area contributed by atoms with Crippen LogP contribution in [0, 0.1) is 0 Å². The monoisotopic (exact) mass is 380 g/mol. The molecule has 146 valence electrons. The molecule has 1 aliphatic heterocycles. The average molecular weight is 380 g/mol. The number of rotatable bonds is 2. The molecule has 1 saturated heterocycles. The smallest absolute Gasteiger partial charge is 0.274 e. The first-order valence-electron chi connectivity index (χ1n) is 10.1. The van der Waals surface area contributed by atoms with Crippen LogP contribution in [0.3, 0.4) is 0 Å². The van der Waals surface area contributed by atoms with Gasteiger partial charge in [-0.1, -0.05) is 19.3 Å². The SMILES string of the molecule is O=C(c1ccc2[nH]c(=O)c3cnc(C4CCCCC4)n3c2c1)N1CCOCC1. The number of benzene rings is 1. The molecule has 1 amide bonds. The van der Waals surface area contributed by atoms with E-state index in [0.717, 1.165) is 29.7 Å². The first kappa shape index (κ1) is 17.4. The highest BCUT2D eigenvalue weighted by Gasteiger charge is 2.23. The molecule has 7 heteroatoms. The number of amides is 1. The van der Waals surface area contributed by atoms with Gasteiger partial charge in [-0.15, -0.1) is 0 Å². The summed E-state index contributed by atoms with van der Waals surface area (Å²) < 4.78 is 7.33. The first-order valence-corrected chi connectivity index (χ1v) is 10.1. The summed E-state index contributed by atoms with van der Waals surface area (Å²) in [5.74, 6) is 1.31. The molecule has 0 spiro atoms. The highest BCUT2D eigenvalue weighted by Crippen LogP contribution is 2.33. The van der Waals surface area contributed by atoms with Crippen LogP contribution in [0.25, 0.3) is 16.6 Å². The van der Waals surface area contributed by atoms with Gasteiger partial charge in [-0.05, 0) is 31.0 Å². The van der Waals surface area contributed by atoms with Crippen molar-refractivity contribution in [3.8, 4) is 0 Å². The molecule has 1 saturated carbocycles. The molecule has 5 rings (SSSR count). The molecule has 2 fully saturated rings. The number of fused-ring (bicyclic) bond motifs is 3. The van der Waals surface area contributed by atoms with Crippen LogP contribution < -0.4 is 5.56 Å². The topological polar surface area (TPSA) is 79.7 Å². The van der Waals surface area contributed by atoms with Gasteiger partial charge in [0.1, 0.15) is 11.3 Å². The standard InChI is InChI=1S/C21H24N4O3/c26-20-18-13-22-19(14-4-2-1-3-5-14)25(18)17-12-15(6-7-16(17)23-20)21(27)24-8-10-28-11-9-24/h6-7,12-14H,1-5,8-11H2,(H,23,26). The summed E-state index contributed by atoms with van der Waals surface area (Å²) in [7, 11) is 0. The lowest BCUT2D eigenvalue weighted by Gasteiger charge is -2.27. The van der Waals surface area contributed by atoms with E-state index in [9.17, 15) is 9.59 Å². The maximum atomic E-state index is 12.9. The van der Waals surface area contributed by atoms with Crippen LogP contribution in [-0.2, 0) is 4.74 Å². The molecule has 0 unspecified atom stereocenters. The summed E-state index contributed by atoms with van der Waals surface area (Å²) in [6.45, 7) is 2.36. The zero-order valence-corrected chi connectivity index (χ0v) is 15.8. The highest BCUT2D eigenvalue weighted by atomic mass is 16.5. The Morgan fingerprint density at radius 1 is 1.11 bits per heavy atom. The number of morpholine rings is 1. The number of imidazole rings is 1. The summed E-state index contributed by atoms with van der Waals surface area (Å²) in [5.41, 5.74) is 2.60. The van der Waals surface area contributed by atoms with Gasteiger partial charge in [-0.25, -0.2) is 4.98 Å². The number of hydrogen-bond donors (Lipinski definition) is 1. The van der Waals surface area contributed by atoms with Gasteiger partial charge in [0.25, 0.3) is 11.5 Å². The lowest BCUT2D eigenvalue weighted by atomic mass is 9.88. The molecule has 3 aromatic rings. The third kappa shape index (κ3) is 2.90. The summed E-state index contributed by atoms with van der Waals surface area (Å²) >= 11 is 0. The second kappa shape index (κ2) is 7.05. The van der Waals surface area contributed by atoms with Crippen LogP contribution in [0.1, 0.15) is 54.2 Å². The normalized spacial score (nSPS) is 18.8. The van der Waals surface area contributed by atoms with E-state index in [0.29, 0.717) is 43.3 Å². The molecule has 1 N–H and O–H groups in total. The minimum Gasteiger partial charge on any atom is -0.378 e. The van der Waals surface area contributed by atoms with E-state index in [1.807, 2.05) is 21.4 Å². The molecule has 0 bridgehead atoms. The summed E-state index contributed by atoms with van der Waals surface area (Å²) in [5, 5.41) is 0. The first-order chi connectivity index (χ1) is 13.7. The fraction of sp³-hybridized carbons (Fsp3) is 0.476. The molecule has 0 radical (unpaired) electrons. The fourth-order valence-electron chi connectivity index (χ4n) is 4.52. The Labute approximate surface area is 162 Å². The van der Waals surface area contributed by atoms with Crippen LogP contribution in [0.2, 0.25) is 0 Å². The van der Waals surface area contributed by atoms with E-state index in [2.05, 4.69) is 9.97 Å². The molecule has 2 aliphatic rings. The Bertz CT molecular complexity index is 1090. The Morgan fingerprint density at radius 2 is 1.89 bits per heavy atom. The van der Waals surface area contributed by atoms with E-state index >= 15 is 0 Å². The second-order valence-electron chi connectivity index (χ2n) is 7.76. The van der Waals surface area contributed by atoms with Gasteiger partial charge in [-0.3, -0.25) is 14.0 Å². The summed E-state index contributed by atoms with van der Waals surface area (Å²) in [6.07, 6.45) is 7.51. The molecule has 1 aromatic carbocycles. The van der Waals surface area contributed by atoms with Gasteiger partial charge in [-0.2, -0.15) is 0 Å². The van der Waals surface area contributed by atoms with Crippen molar-refractivity contribution in [3.05, 3.63) is 46.1 Å². The van der Waals surface area contributed by atoms with Crippen LogP contribution in [0.15, 0.2) is 29.2 Å². The number of nitrogens with one attached hydrogen (secondary N) is 1. The molecular formula is C21H24N4O3. The van der Waals surface area contributed by atoms with Gasteiger partial charge in [0.2, 0.25) is 0 Å². The number of carbonyl (C=O) groups is 1. The van der Waals surface area contributed by atoms with Crippen molar-refractivity contribution in [2.75, 3.05) is 26.3 Å². The summed E-state index contributed by atoms with van der Waals surface area (Å²) in [6, 6.07) is 5.51. The lowest BCUT2D eigenvalue weighted by Crippen LogP contribution is -2.40. The van der Waals surface area contributed by atoms with Crippen molar-refractivity contribution in [1.29, 1.82) is 0 Å². The van der Waals surface area contributed by atoms with Crippen molar-refractivity contribution < 1.29 is 9.53 Å². The quantitative estimate of drug-likeness (QED) is 0.741. The number of ether oxygens (including phenoxy) is 1. The number of aromatic amines is 1. The predicted octanol–water partition coefficient (Wildman–Crippen LogP) is 2.70. The molecular weight excluding hydrogens is 356 g/mol. The molecule has 2 aromatic heterocycles. The van der Waals surface area contributed by atoms with Gasteiger partial charge in [0.05, 0.1) is 30.4 Å². The lowest BCUT2D eigenvalue weighted by molar-refractivity contribution is 0.0303. The van der Waals surface area contributed by atoms with E-state index in [-0.39, 0.29) is 11.5 Å². The van der Waals surface area contributed by atoms with Crippen LogP contribution in [-0.4, -0.2) is 51.5 Å². The Morgan fingerprint density at radius 3 is 2.68 bits per heavy atom. The Hall–Kier alpha value is -2.67. The molecule has 7 nitrogen and oxygen atoms in total. The number of nitrogens with zero attached hydrogens (tertiary/aromatic N) is 3. The van der Waals surface area contributed by atoms with Gasteiger partial charge >= 0.3 is 0 Å². The molecule has 28 heavy (non-hydrogen) atoms. The number of aromatic nitrogens is 3. The van der Waals surface area contributed by atoms with Crippen LogP contribution in [0.5, 0.6) is 0 Å². The van der Waals surface area contributed by atoms with Crippen molar-refractivity contribution in [2.24, 2.45) is 0 Å². The van der Waals surface area contributed by atoms with E-state index in [1.165, 1.54) is 19.3 Å². The maximum Gasteiger partial charge on any atom is 0.274 e. The molecule has 0 atom stereocenters. The largest absolute Gasteiger partial charge is 0.378 e. The van der Waals surface area contributed by atoms with Crippen LogP contribution in [0.4, 0.5) is 0 Å². The highest BCUT2D eigenvalue weighted by molar-refractivity contribution is 5.97. The molecule has 1 aliphatic carbocycles. The second-order valence-corrected chi connectivity index (χ2v) is 7.76. The van der Waals surface area contributed by atoms with Crippen molar-refractivity contribution in [2.45, 2.75) is 38.0 Å². The maximum absolute atomic E-state index is 12.9. The minimum absolute atomic E-state index is 0.00359. The van der Waals surface area contributed by atoms with E-state index in [1.54, 1.807) is 12.3 Å². The number of hydrogen-bond acceptors (Lipinski definition) is 4. The van der Waals surface area contributed by atoms with E-state index in [4.69, 9.17) is 4.74 Å². The van der Waals surface area contributed by atoms with Crippen molar-refractivity contribution in [3.63, 3.8) is 0 Å². The Kier molecular flexibility index (Phi) is 4.39. The summed E-state index contributed by atoms with van der Waals surface area (Å²) in [4.78, 5) is 34.9. The van der Waals surface area contributed by atoms with Gasteiger partial charge < -0.3 is 14.6 Å². The third-order valence-corrected chi connectivity index (χ3v) is 6.02. The van der Waals surface area contributed by atoms with Gasteiger partial charge in [0, 0.05) is 24.6 Å². The predicted molar refractivity (Wildman–Crippen MR) is 106 cm³/mol. The van der Waals surface area contributed by atoms with Crippen LogP contribution >= 0.6 is 0 Å².